The summed E-state index contributed by atoms with van der Waals surface area (Å²) in [7, 11) is 0. The molecule has 1 unspecified atom stereocenters. The average molecular weight is 240 g/mol. The third-order valence-electron chi connectivity index (χ3n) is 3.80. The van der Waals surface area contributed by atoms with Gasteiger partial charge in [-0.25, -0.2) is 4.98 Å². The molecule has 0 saturated heterocycles. The summed E-state index contributed by atoms with van der Waals surface area (Å²) < 4.78 is 2.35. The van der Waals surface area contributed by atoms with Gasteiger partial charge in [-0.15, -0.1) is 0 Å². The fourth-order valence-corrected chi connectivity index (χ4v) is 2.87. The highest BCUT2D eigenvalue weighted by molar-refractivity contribution is 5.26. The fraction of sp³-hybridized carbons (Fsp3) is 0.438. The largest absolute Gasteiger partial charge is 0.334 e. The monoisotopic (exact) mass is 240 g/mol. The summed E-state index contributed by atoms with van der Waals surface area (Å²) in [5.41, 5.74) is 3.90. The predicted molar refractivity (Wildman–Crippen MR) is 73.9 cm³/mol. The molecule has 18 heavy (non-hydrogen) atoms. The van der Waals surface area contributed by atoms with Crippen molar-refractivity contribution in [2.24, 2.45) is 0 Å². The second kappa shape index (κ2) is 4.60. The molecule has 2 heteroatoms. The molecule has 0 spiro atoms. The molecule has 0 aliphatic carbocycles. The van der Waals surface area contributed by atoms with E-state index in [1.807, 2.05) is 0 Å². The molecule has 2 nitrogen and oxygen atoms in total. The van der Waals surface area contributed by atoms with Crippen LogP contribution in [0.25, 0.3) is 0 Å². The molecular formula is C16H20N2. The van der Waals surface area contributed by atoms with Crippen molar-refractivity contribution >= 4 is 0 Å². The van der Waals surface area contributed by atoms with Crippen LogP contribution in [0.4, 0.5) is 0 Å². The third kappa shape index (κ3) is 2.20. The topological polar surface area (TPSA) is 17.8 Å². The highest BCUT2D eigenvalue weighted by Crippen LogP contribution is 2.26. The maximum Gasteiger partial charge on any atom is 0.111 e. The molecule has 0 amide bonds. The zero-order valence-corrected chi connectivity index (χ0v) is 11.2. The third-order valence-corrected chi connectivity index (χ3v) is 3.80. The summed E-state index contributed by atoms with van der Waals surface area (Å²) in [5, 5.41) is 0. The van der Waals surface area contributed by atoms with E-state index in [0.29, 0.717) is 5.92 Å². The summed E-state index contributed by atoms with van der Waals surface area (Å²) in [6.45, 7) is 5.57. The van der Waals surface area contributed by atoms with E-state index >= 15 is 0 Å². The lowest BCUT2D eigenvalue weighted by atomic mass is 10.0. The van der Waals surface area contributed by atoms with E-state index in [0.717, 1.165) is 13.0 Å². The van der Waals surface area contributed by atoms with Gasteiger partial charge < -0.3 is 4.57 Å². The van der Waals surface area contributed by atoms with Gasteiger partial charge in [0.1, 0.15) is 5.82 Å². The Morgan fingerprint density at radius 2 is 2.28 bits per heavy atom. The van der Waals surface area contributed by atoms with Gasteiger partial charge in [0.25, 0.3) is 0 Å². The number of aromatic nitrogens is 2. The van der Waals surface area contributed by atoms with E-state index < -0.39 is 0 Å². The van der Waals surface area contributed by atoms with Crippen molar-refractivity contribution in [3.8, 4) is 0 Å². The van der Waals surface area contributed by atoms with Gasteiger partial charge in [0.05, 0.1) is 5.69 Å². The number of benzene rings is 1. The minimum absolute atomic E-state index is 0.616. The number of fused-ring (bicyclic) bond motifs is 1. The Morgan fingerprint density at radius 3 is 3.06 bits per heavy atom. The van der Waals surface area contributed by atoms with E-state index in [2.05, 4.69) is 48.9 Å². The van der Waals surface area contributed by atoms with Crippen molar-refractivity contribution in [3.05, 3.63) is 53.1 Å². The molecule has 0 bridgehead atoms. The van der Waals surface area contributed by atoms with E-state index in [4.69, 9.17) is 4.98 Å². The number of rotatable bonds is 2. The summed E-state index contributed by atoms with van der Waals surface area (Å²) in [6, 6.07) is 8.71. The maximum atomic E-state index is 4.82. The van der Waals surface area contributed by atoms with E-state index in [9.17, 15) is 0 Å². The number of aryl methyl sites for hydroxylation is 2. The molecule has 1 aromatic carbocycles. The molecule has 2 aromatic rings. The highest BCUT2D eigenvalue weighted by Gasteiger charge is 2.18. The van der Waals surface area contributed by atoms with Gasteiger partial charge in [0.15, 0.2) is 0 Å². The quantitative estimate of drug-likeness (QED) is 0.783. The van der Waals surface area contributed by atoms with Crippen molar-refractivity contribution in [2.45, 2.75) is 45.6 Å². The maximum absolute atomic E-state index is 4.82. The number of hydrogen-bond donors (Lipinski definition) is 0. The lowest BCUT2D eigenvalue weighted by molar-refractivity contribution is 0.463. The number of hydrogen-bond acceptors (Lipinski definition) is 1. The van der Waals surface area contributed by atoms with Gasteiger partial charge in [-0.3, -0.25) is 0 Å². The Balaban J connectivity index is 1.85. The van der Waals surface area contributed by atoms with Gasteiger partial charge in [-0.05, 0) is 25.3 Å². The van der Waals surface area contributed by atoms with Crippen molar-refractivity contribution < 1.29 is 0 Å². The molecule has 1 aliphatic heterocycles. The van der Waals surface area contributed by atoms with Gasteiger partial charge in [0, 0.05) is 25.1 Å². The second-order valence-electron chi connectivity index (χ2n) is 5.49. The Kier molecular flexibility index (Phi) is 2.94. The molecule has 0 radical (unpaired) electrons. The second-order valence-corrected chi connectivity index (χ2v) is 5.49. The lowest BCUT2D eigenvalue weighted by Gasteiger charge is -2.19. The van der Waals surface area contributed by atoms with Crippen LogP contribution >= 0.6 is 0 Å². The standard InChI is InChI=1S/C16H20N2/c1-12-5-3-7-14(9-12)10-15-11-18-8-4-6-13(2)16(18)17-15/h3,5,7,9,11,13H,4,6,8,10H2,1-2H3. The molecule has 94 valence electrons. The van der Waals surface area contributed by atoms with Crippen molar-refractivity contribution in [2.75, 3.05) is 0 Å². The Morgan fingerprint density at radius 1 is 1.39 bits per heavy atom. The summed E-state index contributed by atoms with van der Waals surface area (Å²) in [6.07, 6.45) is 5.76. The van der Waals surface area contributed by atoms with Crippen LogP contribution in [0.15, 0.2) is 30.5 Å². The summed E-state index contributed by atoms with van der Waals surface area (Å²) in [5.74, 6) is 1.90. The van der Waals surface area contributed by atoms with Gasteiger partial charge in [0.2, 0.25) is 0 Å². The molecule has 0 N–H and O–H groups in total. The predicted octanol–water partition coefficient (Wildman–Crippen LogP) is 3.68. The van der Waals surface area contributed by atoms with Gasteiger partial charge in [-0.1, -0.05) is 36.8 Å². The van der Waals surface area contributed by atoms with Crippen LogP contribution in [-0.2, 0) is 13.0 Å². The zero-order chi connectivity index (χ0) is 12.5. The van der Waals surface area contributed by atoms with Crippen LogP contribution in [0, 0.1) is 6.92 Å². The minimum atomic E-state index is 0.616. The van der Waals surface area contributed by atoms with Crippen LogP contribution in [0.1, 0.15) is 48.3 Å². The minimum Gasteiger partial charge on any atom is -0.334 e. The normalized spacial score (nSPS) is 18.7. The molecule has 0 saturated carbocycles. The van der Waals surface area contributed by atoms with Crippen LogP contribution in [-0.4, -0.2) is 9.55 Å². The van der Waals surface area contributed by atoms with Gasteiger partial charge >= 0.3 is 0 Å². The van der Waals surface area contributed by atoms with E-state index in [1.165, 1.54) is 35.5 Å². The highest BCUT2D eigenvalue weighted by atomic mass is 15.1. The first-order valence-corrected chi connectivity index (χ1v) is 6.84. The number of imidazole rings is 1. The smallest absolute Gasteiger partial charge is 0.111 e. The first-order valence-electron chi connectivity index (χ1n) is 6.84. The molecule has 2 heterocycles. The van der Waals surface area contributed by atoms with Crippen LogP contribution < -0.4 is 0 Å². The average Bonchev–Trinajstić information content (AvgIpc) is 2.73. The summed E-state index contributed by atoms with van der Waals surface area (Å²) >= 11 is 0. The Bertz CT molecular complexity index is 554. The van der Waals surface area contributed by atoms with Crippen molar-refractivity contribution in [1.29, 1.82) is 0 Å². The Hall–Kier alpha value is -1.57. The van der Waals surface area contributed by atoms with E-state index in [1.54, 1.807) is 0 Å². The molecule has 0 fully saturated rings. The molecule has 1 aromatic heterocycles. The van der Waals surface area contributed by atoms with Crippen molar-refractivity contribution in [1.82, 2.24) is 9.55 Å². The first kappa shape index (κ1) is 11.5. The van der Waals surface area contributed by atoms with Gasteiger partial charge in [-0.2, -0.15) is 0 Å². The molecule has 3 rings (SSSR count). The molecule has 1 aliphatic rings. The first-order chi connectivity index (χ1) is 8.72. The van der Waals surface area contributed by atoms with Crippen molar-refractivity contribution in [3.63, 3.8) is 0 Å². The van der Waals surface area contributed by atoms with E-state index in [-0.39, 0.29) is 0 Å². The zero-order valence-electron chi connectivity index (χ0n) is 11.2. The number of nitrogens with zero attached hydrogens (tertiary/aromatic N) is 2. The lowest BCUT2D eigenvalue weighted by Crippen LogP contribution is -2.12. The fourth-order valence-electron chi connectivity index (χ4n) is 2.87. The summed E-state index contributed by atoms with van der Waals surface area (Å²) in [4.78, 5) is 4.82. The SMILES string of the molecule is Cc1cccc(Cc2cn3c(n2)C(C)CCC3)c1. The van der Waals surface area contributed by atoms with Crippen LogP contribution in [0.2, 0.25) is 0 Å². The van der Waals surface area contributed by atoms with Crippen LogP contribution in [0.3, 0.4) is 0 Å². The molecular weight excluding hydrogens is 220 g/mol. The van der Waals surface area contributed by atoms with Crippen LogP contribution in [0.5, 0.6) is 0 Å². The molecule has 1 atom stereocenters. The Labute approximate surface area is 109 Å².